The lowest BCUT2D eigenvalue weighted by Gasteiger charge is -2.35. The van der Waals surface area contributed by atoms with Crippen molar-refractivity contribution in [3.8, 4) is 5.75 Å². The second-order valence-corrected chi connectivity index (χ2v) is 6.99. The van der Waals surface area contributed by atoms with Crippen molar-refractivity contribution in [3.05, 3.63) is 29.8 Å². The zero-order chi connectivity index (χ0) is 19.9. The third-order valence-corrected chi connectivity index (χ3v) is 5.03. The molecule has 0 aromatic heterocycles. The Hall–Kier alpha value is -1.70. The lowest BCUT2D eigenvalue weighted by atomic mass is 9.81. The van der Waals surface area contributed by atoms with Crippen LogP contribution in [0.5, 0.6) is 5.75 Å². The molecule has 0 N–H and O–H groups in total. The van der Waals surface area contributed by atoms with Crippen LogP contribution < -0.4 is 4.74 Å². The van der Waals surface area contributed by atoms with Gasteiger partial charge in [-0.25, -0.2) is 0 Å². The summed E-state index contributed by atoms with van der Waals surface area (Å²) in [6, 6.07) is 6.04. The van der Waals surface area contributed by atoms with E-state index in [0.29, 0.717) is 6.54 Å². The van der Waals surface area contributed by atoms with Crippen molar-refractivity contribution in [2.24, 2.45) is 11.8 Å². The van der Waals surface area contributed by atoms with Crippen LogP contribution in [0.3, 0.4) is 0 Å². The van der Waals surface area contributed by atoms with Gasteiger partial charge in [-0.05, 0) is 56.0 Å². The first kappa shape index (κ1) is 21.6. The molecular formula is C19H25BF3NO3. The summed E-state index contributed by atoms with van der Waals surface area (Å²) in [5.41, 5.74) is 0.763. The van der Waals surface area contributed by atoms with E-state index in [-0.39, 0.29) is 23.6 Å². The van der Waals surface area contributed by atoms with E-state index in [9.17, 15) is 18.0 Å². The van der Waals surface area contributed by atoms with Gasteiger partial charge in [-0.3, -0.25) is 9.69 Å². The molecule has 0 spiro atoms. The predicted octanol–water partition coefficient (Wildman–Crippen LogP) is 4.23. The fourth-order valence-corrected chi connectivity index (χ4v) is 3.67. The maximum atomic E-state index is 12.4. The van der Waals surface area contributed by atoms with Crippen molar-refractivity contribution >= 4 is 14.0 Å². The Kier molecular flexibility index (Phi) is 8.01. The van der Waals surface area contributed by atoms with E-state index in [4.69, 9.17) is 8.05 Å². The molecule has 27 heavy (non-hydrogen) atoms. The first-order valence-corrected chi connectivity index (χ1v) is 9.30. The largest absolute Gasteiger partial charge is 0.573 e. The minimum Gasteiger partial charge on any atom is -0.543 e. The molecule has 1 aliphatic heterocycles. The number of halogens is 3. The highest BCUT2D eigenvalue weighted by Gasteiger charge is 2.32. The number of alkyl halides is 3. The van der Waals surface area contributed by atoms with Crippen molar-refractivity contribution in [1.82, 2.24) is 4.90 Å². The zero-order valence-corrected chi connectivity index (χ0v) is 15.5. The van der Waals surface area contributed by atoms with Crippen LogP contribution in [0.2, 0.25) is 0 Å². The second kappa shape index (κ2) is 10.0. The quantitative estimate of drug-likeness (QED) is 0.630. The molecular weight excluding hydrogens is 358 g/mol. The molecule has 0 amide bonds. The molecule has 1 aromatic rings. The smallest absolute Gasteiger partial charge is 0.543 e. The van der Waals surface area contributed by atoms with Crippen LogP contribution in [0.15, 0.2) is 24.3 Å². The highest BCUT2D eigenvalue weighted by molar-refractivity contribution is 6.05. The van der Waals surface area contributed by atoms with Crippen LogP contribution in [-0.2, 0) is 16.0 Å². The van der Waals surface area contributed by atoms with E-state index in [1.54, 1.807) is 12.1 Å². The number of likely N-dealkylation sites (tertiary alicyclic amines) is 1. The van der Waals surface area contributed by atoms with Crippen LogP contribution in [0.1, 0.15) is 44.6 Å². The maximum Gasteiger partial charge on any atom is 0.573 e. The number of unbranched alkanes of at least 4 members (excludes halogenated alkanes) is 1. The minimum absolute atomic E-state index is 0.180. The van der Waals surface area contributed by atoms with E-state index in [0.717, 1.165) is 50.8 Å². The van der Waals surface area contributed by atoms with Crippen molar-refractivity contribution in [2.45, 2.75) is 51.9 Å². The van der Waals surface area contributed by atoms with E-state index < -0.39 is 6.36 Å². The van der Waals surface area contributed by atoms with Crippen molar-refractivity contribution < 1.29 is 27.4 Å². The van der Waals surface area contributed by atoms with Gasteiger partial charge in [0.15, 0.2) is 0 Å². The van der Waals surface area contributed by atoms with Gasteiger partial charge in [-0.15, -0.1) is 13.2 Å². The third kappa shape index (κ3) is 7.09. The van der Waals surface area contributed by atoms with Gasteiger partial charge in [0.05, 0.1) is 5.92 Å². The Morgan fingerprint density at radius 3 is 2.63 bits per heavy atom. The summed E-state index contributed by atoms with van der Waals surface area (Å²) in [6.45, 7) is 4.16. The molecule has 0 bridgehead atoms. The molecule has 1 heterocycles. The van der Waals surface area contributed by atoms with Crippen molar-refractivity contribution in [3.63, 3.8) is 0 Å². The van der Waals surface area contributed by atoms with Crippen LogP contribution in [0.4, 0.5) is 13.2 Å². The summed E-state index contributed by atoms with van der Waals surface area (Å²) in [6.07, 6.45) is -0.296. The fraction of sp³-hybridized carbons (Fsp3) is 0.632. The molecule has 4 nitrogen and oxygen atoms in total. The van der Waals surface area contributed by atoms with Gasteiger partial charge in [0.25, 0.3) is 5.97 Å². The van der Waals surface area contributed by atoms with Gasteiger partial charge < -0.3 is 9.39 Å². The number of piperidine rings is 1. The summed E-state index contributed by atoms with van der Waals surface area (Å²) in [5, 5.41) is 0. The number of carbonyl (C=O) groups excluding carboxylic acids is 1. The molecule has 2 rings (SSSR count). The van der Waals surface area contributed by atoms with Gasteiger partial charge >= 0.3 is 14.4 Å². The Bertz CT molecular complexity index is 604. The summed E-state index contributed by atoms with van der Waals surface area (Å²) in [7, 11) is 5.09. The van der Waals surface area contributed by atoms with Gasteiger partial charge in [0, 0.05) is 6.54 Å². The van der Waals surface area contributed by atoms with Crippen LogP contribution in [0, 0.1) is 11.8 Å². The molecule has 1 aromatic carbocycles. The summed E-state index contributed by atoms with van der Waals surface area (Å²) < 4.78 is 45.5. The van der Waals surface area contributed by atoms with Gasteiger partial charge in [0.1, 0.15) is 5.75 Å². The molecule has 1 aliphatic rings. The Morgan fingerprint density at radius 2 is 2.04 bits per heavy atom. The topological polar surface area (TPSA) is 38.8 Å². The SMILES string of the molecule is [B]OC(=O)C(CCCC)C1CCN(Cc2cccc(OC(F)(F)F)c2)CC1. The monoisotopic (exact) mass is 383 g/mol. The Labute approximate surface area is 159 Å². The van der Waals surface area contributed by atoms with Crippen LogP contribution >= 0.6 is 0 Å². The van der Waals surface area contributed by atoms with E-state index in [1.165, 1.54) is 12.1 Å². The molecule has 1 saturated heterocycles. The first-order valence-electron chi connectivity index (χ1n) is 9.30. The average Bonchev–Trinajstić information content (AvgIpc) is 2.62. The molecule has 1 fully saturated rings. The molecule has 148 valence electrons. The van der Waals surface area contributed by atoms with E-state index >= 15 is 0 Å². The van der Waals surface area contributed by atoms with Gasteiger partial charge in [-0.1, -0.05) is 31.9 Å². The Balaban J connectivity index is 1.90. The molecule has 0 saturated carbocycles. The number of benzene rings is 1. The standard InChI is InChI=1S/C19H25BF3NO3/c1-2-3-7-17(18(25)27-20)15-8-10-24(11-9-15)13-14-5-4-6-16(12-14)26-19(21,22)23/h4-6,12,15,17H,2-3,7-11,13H2,1H3. The molecule has 8 heteroatoms. The number of hydrogen-bond donors (Lipinski definition) is 0. The van der Waals surface area contributed by atoms with E-state index in [2.05, 4.69) is 21.2 Å². The number of hydrogen-bond acceptors (Lipinski definition) is 4. The fourth-order valence-electron chi connectivity index (χ4n) is 3.67. The highest BCUT2D eigenvalue weighted by atomic mass is 19.4. The Morgan fingerprint density at radius 1 is 1.33 bits per heavy atom. The molecule has 1 atom stereocenters. The zero-order valence-electron chi connectivity index (χ0n) is 15.5. The highest BCUT2D eigenvalue weighted by Crippen LogP contribution is 2.31. The van der Waals surface area contributed by atoms with Crippen LogP contribution in [-0.4, -0.2) is 38.4 Å². The van der Waals surface area contributed by atoms with Crippen molar-refractivity contribution in [1.29, 1.82) is 0 Å². The van der Waals surface area contributed by atoms with Gasteiger partial charge in [0.2, 0.25) is 0 Å². The minimum atomic E-state index is -4.69. The first-order chi connectivity index (χ1) is 12.8. The lowest BCUT2D eigenvalue weighted by molar-refractivity contribution is -0.274. The lowest BCUT2D eigenvalue weighted by Crippen LogP contribution is -2.38. The number of rotatable bonds is 8. The van der Waals surface area contributed by atoms with E-state index in [1.807, 2.05) is 0 Å². The molecule has 1 unspecified atom stereocenters. The van der Waals surface area contributed by atoms with Crippen LogP contribution in [0.25, 0.3) is 0 Å². The maximum absolute atomic E-state index is 12.4. The second-order valence-electron chi connectivity index (χ2n) is 6.99. The van der Waals surface area contributed by atoms with Crippen molar-refractivity contribution in [2.75, 3.05) is 13.1 Å². The normalized spacial score (nSPS) is 17.5. The summed E-state index contributed by atoms with van der Waals surface area (Å²) in [5.74, 6) is -0.511. The number of nitrogens with zero attached hydrogens (tertiary/aromatic N) is 1. The number of carbonyl (C=O) groups is 1. The molecule has 0 aliphatic carbocycles. The third-order valence-electron chi connectivity index (χ3n) is 5.03. The summed E-state index contributed by atoms with van der Waals surface area (Å²) in [4.78, 5) is 14.1. The predicted molar refractivity (Wildman–Crippen MR) is 96.0 cm³/mol. The number of ether oxygens (including phenoxy) is 1. The molecule has 2 radical (unpaired) electrons. The van der Waals surface area contributed by atoms with Gasteiger partial charge in [-0.2, -0.15) is 0 Å². The average molecular weight is 383 g/mol. The summed E-state index contributed by atoms with van der Waals surface area (Å²) >= 11 is 0.